The summed E-state index contributed by atoms with van der Waals surface area (Å²) < 4.78 is 5.30. The largest absolute Gasteiger partial charge is 0.499 e. The van der Waals surface area contributed by atoms with E-state index in [4.69, 9.17) is 10.5 Å². The van der Waals surface area contributed by atoms with E-state index in [1.807, 2.05) is 6.92 Å². The number of hydrogen-bond donors (Lipinski definition) is 1. The number of rotatable bonds is 5. The summed E-state index contributed by atoms with van der Waals surface area (Å²) in [4.78, 5) is 13.7. The van der Waals surface area contributed by atoms with Crippen molar-refractivity contribution < 1.29 is 9.66 Å². The van der Waals surface area contributed by atoms with Crippen molar-refractivity contribution in [3.05, 3.63) is 33.3 Å². The highest BCUT2D eigenvalue weighted by Gasteiger charge is 2.19. The summed E-state index contributed by atoms with van der Waals surface area (Å²) in [5.41, 5.74) is 6.42. The molecule has 2 N–H and O–H groups in total. The van der Waals surface area contributed by atoms with Gasteiger partial charge in [-0.2, -0.15) is 0 Å². The highest BCUT2D eigenvalue weighted by atomic mass is 16.6. The van der Waals surface area contributed by atoms with Crippen LogP contribution >= 0.6 is 0 Å². The summed E-state index contributed by atoms with van der Waals surface area (Å²) >= 11 is 0. The molecule has 0 radical (unpaired) electrons. The number of hydrogen-bond acceptors (Lipinski definition) is 5. The van der Waals surface area contributed by atoms with Gasteiger partial charge in [-0.15, -0.1) is 0 Å². The van der Waals surface area contributed by atoms with Crippen molar-refractivity contribution in [2.45, 2.75) is 32.2 Å². The smallest absolute Gasteiger partial charge is 0.315 e. The third-order valence-corrected chi connectivity index (χ3v) is 2.67. The summed E-state index contributed by atoms with van der Waals surface area (Å²) in [6.45, 7) is 1.89. The molecule has 0 heterocycles. The lowest BCUT2D eigenvalue weighted by Gasteiger charge is -2.23. The lowest BCUT2D eigenvalue weighted by Crippen LogP contribution is -2.13. The molecule has 6 nitrogen and oxygen atoms in total. The van der Waals surface area contributed by atoms with Crippen molar-refractivity contribution in [3.8, 4) is 0 Å². The van der Waals surface area contributed by atoms with E-state index in [9.17, 15) is 10.1 Å². The molecule has 94 valence electrons. The highest BCUT2D eigenvalue weighted by Crippen LogP contribution is 2.30. The predicted molar refractivity (Wildman–Crippen MR) is 65.1 cm³/mol. The zero-order chi connectivity index (χ0) is 12.8. The Morgan fingerprint density at radius 1 is 1.65 bits per heavy atom. The second kappa shape index (κ2) is 6.03. The first-order valence-corrected chi connectivity index (χ1v) is 5.45. The lowest BCUT2D eigenvalue weighted by atomic mass is 9.90. The van der Waals surface area contributed by atoms with Crippen LogP contribution in [0.5, 0.6) is 0 Å². The number of allylic oxidation sites excluding steroid dienone is 2. The standard InChI is InChI=1S/C11H17N3O3/c1-8(11(17-2)9-4-3-5-9)13-7-6-10(12)14(15)16/h6-8H,3-5,12H2,1-2H3/b10-6+,13-7?. The van der Waals surface area contributed by atoms with Gasteiger partial charge in [-0.05, 0) is 36.7 Å². The first kappa shape index (κ1) is 13.2. The summed E-state index contributed by atoms with van der Waals surface area (Å²) in [5.74, 6) is 0.441. The van der Waals surface area contributed by atoms with Crippen molar-refractivity contribution in [2.24, 2.45) is 10.7 Å². The first-order chi connectivity index (χ1) is 8.06. The predicted octanol–water partition coefficient (Wildman–Crippen LogP) is 1.61. The van der Waals surface area contributed by atoms with E-state index in [1.165, 1.54) is 24.3 Å². The zero-order valence-electron chi connectivity index (χ0n) is 10.0. The molecule has 0 amide bonds. The van der Waals surface area contributed by atoms with Crippen LogP contribution in [0.25, 0.3) is 0 Å². The summed E-state index contributed by atoms with van der Waals surface area (Å²) in [5, 5.41) is 10.2. The van der Waals surface area contributed by atoms with Gasteiger partial charge >= 0.3 is 5.82 Å². The van der Waals surface area contributed by atoms with E-state index in [-0.39, 0.29) is 6.04 Å². The number of nitrogens with zero attached hydrogens (tertiary/aromatic N) is 2. The first-order valence-electron chi connectivity index (χ1n) is 5.45. The molecule has 0 aromatic heterocycles. The number of nitro groups is 1. The van der Waals surface area contributed by atoms with Crippen LogP contribution in [0.1, 0.15) is 26.2 Å². The Labute approximate surface area is 100 Å². The maximum atomic E-state index is 10.2. The number of ether oxygens (including phenoxy) is 1. The van der Waals surface area contributed by atoms with Crippen molar-refractivity contribution in [1.82, 2.24) is 0 Å². The van der Waals surface area contributed by atoms with Gasteiger partial charge in [0.1, 0.15) is 11.8 Å². The van der Waals surface area contributed by atoms with Crippen molar-refractivity contribution in [3.63, 3.8) is 0 Å². The van der Waals surface area contributed by atoms with Gasteiger partial charge in [-0.1, -0.05) is 0 Å². The van der Waals surface area contributed by atoms with Gasteiger partial charge in [0, 0.05) is 12.3 Å². The zero-order valence-corrected chi connectivity index (χ0v) is 10.0. The molecule has 1 saturated carbocycles. The highest BCUT2D eigenvalue weighted by molar-refractivity contribution is 5.71. The molecule has 6 heteroatoms. The SMILES string of the molecule is COC(=C1CCC1)C(C)N=C/C=C(\N)[N+](=O)[O-]. The Kier molecular flexibility index (Phi) is 4.68. The molecule has 1 unspecified atom stereocenters. The molecule has 1 fully saturated rings. The van der Waals surface area contributed by atoms with Crippen molar-refractivity contribution >= 4 is 6.21 Å². The number of nitrogens with two attached hydrogens (primary N) is 1. The van der Waals surface area contributed by atoms with Gasteiger partial charge in [0.05, 0.1) is 7.11 Å². The molecule has 1 aliphatic carbocycles. The summed E-state index contributed by atoms with van der Waals surface area (Å²) in [7, 11) is 1.62. The molecule has 1 rings (SSSR count). The Balaban J connectivity index is 2.65. The Bertz CT molecular complexity index is 379. The Morgan fingerprint density at radius 2 is 2.29 bits per heavy atom. The quantitative estimate of drug-likeness (QED) is 0.341. The fourth-order valence-electron chi connectivity index (χ4n) is 1.59. The molecule has 17 heavy (non-hydrogen) atoms. The average molecular weight is 239 g/mol. The number of aliphatic imine (C=N–C) groups is 1. The fraction of sp³-hybridized carbons (Fsp3) is 0.545. The van der Waals surface area contributed by atoms with Crippen molar-refractivity contribution in [1.29, 1.82) is 0 Å². The van der Waals surface area contributed by atoms with Gasteiger partial charge in [-0.3, -0.25) is 10.7 Å². The molecule has 0 aliphatic heterocycles. The minimum Gasteiger partial charge on any atom is -0.499 e. The van der Waals surface area contributed by atoms with E-state index >= 15 is 0 Å². The van der Waals surface area contributed by atoms with Gasteiger partial charge < -0.3 is 14.9 Å². The monoisotopic (exact) mass is 239 g/mol. The number of methoxy groups -OCH3 is 1. The second-order valence-corrected chi connectivity index (χ2v) is 3.85. The molecule has 1 aliphatic rings. The molecule has 1 atom stereocenters. The van der Waals surface area contributed by atoms with Crippen LogP contribution in [0, 0.1) is 10.1 Å². The summed E-state index contributed by atoms with van der Waals surface area (Å²) in [6, 6.07) is -0.133. The average Bonchev–Trinajstić information content (AvgIpc) is 2.22. The van der Waals surface area contributed by atoms with Crippen LogP contribution in [0.4, 0.5) is 0 Å². The third-order valence-electron chi connectivity index (χ3n) is 2.67. The van der Waals surface area contributed by atoms with Crippen molar-refractivity contribution in [2.75, 3.05) is 7.11 Å². The van der Waals surface area contributed by atoms with Crippen LogP contribution in [0.15, 0.2) is 28.2 Å². The topological polar surface area (TPSA) is 90.8 Å². The second-order valence-electron chi connectivity index (χ2n) is 3.85. The van der Waals surface area contributed by atoms with E-state index in [1.54, 1.807) is 7.11 Å². The molecule has 0 aromatic rings. The van der Waals surface area contributed by atoms with Crippen LogP contribution in [0.2, 0.25) is 0 Å². The molecular formula is C11H17N3O3. The third kappa shape index (κ3) is 3.58. The van der Waals surface area contributed by atoms with Crippen LogP contribution in [-0.2, 0) is 4.74 Å². The van der Waals surface area contributed by atoms with Gasteiger partial charge in [0.15, 0.2) is 0 Å². The van der Waals surface area contributed by atoms with Crippen LogP contribution < -0.4 is 5.73 Å². The van der Waals surface area contributed by atoms with E-state index in [2.05, 4.69) is 4.99 Å². The lowest BCUT2D eigenvalue weighted by molar-refractivity contribution is -0.426. The van der Waals surface area contributed by atoms with Gasteiger partial charge in [0.2, 0.25) is 0 Å². The maximum Gasteiger partial charge on any atom is 0.315 e. The van der Waals surface area contributed by atoms with E-state index in [0.29, 0.717) is 0 Å². The van der Waals surface area contributed by atoms with Crippen LogP contribution in [0.3, 0.4) is 0 Å². The van der Waals surface area contributed by atoms with E-state index < -0.39 is 10.7 Å². The fourth-order valence-corrected chi connectivity index (χ4v) is 1.59. The normalized spacial score (nSPS) is 17.8. The molecule has 0 spiro atoms. The minimum atomic E-state index is -0.654. The van der Waals surface area contributed by atoms with Gasteiger partial charge in [0.25, 0.3) is 0 Å². The molecular weight excluding hydrogens is 222 g/mol. The van der Waals surface area contributed by atoms with E-state index in [0.717, 1.165) is 18.6 Å². The Hall–Kier alpha value is -1.85. The molecule has 0 aromatic carbocycles. The Morgan fingerprint density at radius 3 is 2.71 bits per heavy atom. The minimum absolute atomic E-state index is 0.133. The van der Waals surface area contributed by atoms with Gasteiger partial charge in [-0.25, -0.2) is 0 Å². The maximum absolute atomic E-state index is 10.2. The summed E-state index contributed by atoms with van der Waals surface area (Å²) in [6.07, 6.45) is 5.81. The molecule has 0 saturated heterocycles. The van der Waals surface area contributed by atoms with Crippen LogP contribution in [-0.4, -0.2) is 24.3 Å². The molecule has 0 bridgehead atoms.